The van der Waals surface area contributed by atoms with Crippen LogP contribution in [0, 0.1) is 0 Å². The number of benzene rings is 1. The van der Waals surface area contributed by atoms with E-state index in [9.17, 15) is 13.2 Å². The van der Waals surface area contributed by atoms with Crippen molar-refractivity contribution in [1.82, 2.24) is 14.9 Å². The van der Waals surface area contributed by atoms with Crippen molar-refractivity contribution in [2.24, 2.45) is 0 Å². The fraction of sp³-hybridized carbons (Fsp3) is 0.476. The van der Waals surface area contributed by atoms with Gasteiger partial charge in [0.05, 0.1) is 23.4 Å². The van der Waals surface area contributed by atoms with Crippen molar-refractivity contribution in [3.63, 3.8) is 0 Å². The van der Waals surface area contributed by atoms with Crippen LogP contribution < -0.4 is 10.6 Å². The monoisotopic (exact) mass is 445 g/mol. The third kappa shape index (κ3) is 4.64. The maximum Gasteiger partial charge on any atom is 0.219 e. The first kappa shape index (κ1) is 21.5. The van der Waals surface area contributed by atoms with Gasteiger partial charge in [-0.1, -0.05) is 0 Å². The fourth-order valence-electron chi connectivity index (χ4n) is 4.08. The first-order chi connectivity index (χ1) is 14.8. The molecule has 2 aromatic rings. The summed E-state index contributed by atoms with van der Waals surface area (Å²) in [6.07, 6.45) is 4.07. The highest BCUT2D eigenvalue weighted by Gasteiger charge is 2.33. The molecule has 0 saturated carbocycles. The minimum Gasteiger partial charge on any atom is -0.378 e. The number of aromatic nitrogens is 2. The Morgan fingerprint density at radius 1 is 1.03 bits per heavy atom. The number of likely N-dealkylation sites (tertiary alicyclic amines) is 1. The molecule has 1 aromatic carbocycles. The van der Waals surface area contributed by atoms with Crippen LogP contribution in [-0.2, 0) is 19.4 Å². The fourth-order valence-corrected chi connectivity index (χ4v) is 5.87. The number of carbonyl (C=O) groups excluding carboxylic acids is 1. The molecule has 2 N–H and O–H groups in total. The highest BCUT2D eigenvalue weighted by molar-refractivity contribution is 7.92. The molecule has 0 atom stereocenters. The molecule has 2 aliphatic heterocycles. The summed E-state index contributed by atoms with van der Waals surface area (Å²) in [6.45, 7) is 5.02. The van der Waals surface area contributed by atoms with Crippen LogP contribution in [0.25, 0.3) is 11.1 Å². The van der Waals surface area contributed by atoms with Crippen LogP contribution in [0.15, 0.2) is 35.5 Å². The van der Waals surface area contributed by atoms with Crippen molar-refractivity contribution in [3.8, 4) is 11.1 Å². The zero-order chi connectivity index (χ0) is 22.0. The molecule has 0 unspecified atom stereocenters. The molecule has 2 aliphatic rings. The van der Waals surface area contributed by atoms with Gasteiger partial charge in [0.25, 0.3) is 0 Å². The second-order valence-electron chi connectivity index (χ2n) is 7.90. The average molecular weight is 446 g/mol. The van der Waals surface area contributed by atoms with E-state index < -0.39 is 15.1 Å². The molecule has 4 rings (SSSR count). The summed E-state index contributed by atoms with van der Waals surface area (Å²) in [5, 5.41) is -0.515. The number of nitrogens with two attached hydrogens (primary N) is 1. The number of ether oxygens (including phenoxy) is 1. The van der Waals surface area contributed by atoms with Crippen molar-refractivity contribution in [2.75, 3.05) is 50.0 Å². The number of rotatable bonds is 4. The van der Waals surface area contributed by atoms with Crippen LogP contribution >= 0.6 is 0 Å². The van der Waals surface area contributed by atoms with E-state index in [-0.39, 0.29) is 16.8 Å². The number of carbonyl (C=O) groups is 1. The summed E-state index contributed by atoms with van der Waals surface area (Å²) >= 11 is 0. The van der Waals surface area contributed by atoms with Gasteiger partial charge < -0.3 is 20.3 Å². The van der Waals surface area contributed by atoms with Crippen molar-refractivity contribution < 1.29 is 17.9 Å². The molecule has 1 amide bonds. The number of sulfone groups is 1. The van der Waals surface area contributed by atoms with Crippen LogP contribution in [0.1, 0.15) is 19.8 Å². The van der Waals surface area contributed by atoms with Crippen molar-refractivity contribution in [3.05, 3.63) is 30.6 Å². The molecule has 10 heteroatoms. The predicted molar refractivity (Wildman–Crippen MR) is 117 cm³/mol. The number of anilines is 2. The minimum atomic E-state index is -3.57. The number of nitrogen functional groups attached to an aromatic ring is 1. The van der Waals surface area contributed by atoms with Gasteiger partial charge in [0.15, 0.2) is 9.84 Å². The Morgan fingerprint density at radius 3 is 2.29 bits per heavy atom. The first-order valence-electron chi connectivity index (χ1n) is 10.4. The summed E-state index contributed by atoms with van der Waals surface area (Å²) < 4.78 is 32.5. The van der Waals surface area contributed by atoms with Crippen LogP contribution in [0.4, 0.5) is 11.6 Å². The van der Waals surface area contributed by atoms with E-state index in [1.165, 1.54) is 6.92 Å². The van der Waals surface area contributed by atoms with Crippen molar-refractivity contribution in [2.45, 2.75) is 29.9 Å². The van der Waals surface area contributed by atoms with E-state index in [4.69, 9.17) is 10.5 Å². The van der Waals surface area contributed by atoms with Gasteiger partial charge in [-0.15, -0.1) is 0 Å². The average Bonchev–Trinajstić information content (AvgIpc) is 2.80. The highest BCUT2D eigenvalue weighted by Crippen LogP contribution is 2.33. The molecule has 9 nitrogen and oxygen atoms in total. The van der Waals surface area contributed by atoms with E-state index >= 15 is 0 Å². The van der Waals surface area contributed by atoms with E-state index in [1.54, 1.807) is 29.4 Å². The molecule has 1 aromatic heterocycles. The third-order valence-corrected chi connectivity index (χ3v) is 8.17. The minimum absolute atomic E-state index is 0.0178. The largest absolute Gasteiger partial charge is 0.378 e. The number of hydrogen-bond donors (Lipinski definition) is 1. The Bertz CT molecular complexity index is 1040. The Balaban J connectivity index is 1.71. The first-order valence-corrected chi connectivity index (χ1v) is 11.9. The lowest BCUT2D eigenvalue weighted by Crippen LogP contribution is -2.41. The second kappa shape index (κ2) is 8.80. The van der Waals surface area contributed by atoms with Crippen molar-refractivity contribution in [1.29, 1.82) is 0 Å². The van der Waals surface area contributed by atoms with Crippen LogP contribution in [0.2, 0.25) is 0 Å². The third-order valence-electron chi connectivity index (χ3n) is 5.93. The maximum absolute atomic E-state index is 13.5. The topological polar surface area (TPSA) is 119 Å². The van der Waals surface area contributed by atoms with E-state index in [1.807, 2.05) is 6.07 Å². The number of morpholine rings is 1. The van der Waals surface area contributed by atoms with Gasteiger partial charge in [-0.05, 0) is 36.6 Å². The molecule has 3 heterocycles. The molecule has 0 bridgehead atoms. The molecule has 2 saturated heterocycles. The lowest BCUT2D eigenvalue weighted by Gasteiger charge is -2.32. The van der Waals surface area contributed by atoms with Gasteiger partial charge in [-0.25, -0.2) is 18.4 Å². The summed E-state index contributed by atoms with van der Waals surface area (Å²) in [7, 11) is -3.57. The summed E-state index contributed by atoms with van der Waals surface area (Å²) in [4.78, 5) is 23.8. The molecule has 31 heavy (non-hydrogen) atoms. The zero-order valence-corrected chi connectivity index (χ0v) is 18.3. The predicted octanol–water partition coefficient (Wildman–Crippen LogP) is 1.35. The second-order valence-corrected chi connectivity index (χ2v) is 10.1. The standard InChI is InChI=1S/C21H27N5O4S/c1-15(27)25-4-2-19(3-5-25)31(28,29)20-11-16(17-13-23-21(22)24-14-17)10-18(12-20)26-6-8-30-9-7-26/h10-14,19H,2-9H2,1H3,(H2,22,23,24). The zero-order valence-electron chi connectivity index (χ0n) is 17.5. The van der Waals surface area contributed by atoms with Crippen LogP contribution in [-0.4, -0.2) is 73.8 Å². The Kier molecular flexibility index (Phi) is 6.10. The Labute approximate surface area is 182 Å². The maximum atomic E-state index is 13.5. The lowest BCUT2D eigenvalue weighted by molar-refractivity contribution is -0.129. The van der Waals surface area contributed by atoms with Gasteiger partial charge in [0.2, 0.25) is 11.9 Å². The number of hydrogen-bond acceptors (Lipinski definition) is 8. The van der Waals surface area contributed by atoms with Crippen LogP contribution in [0.5, 0.6) is 0 Å². The number of piperidine rings is 1. The van der Waals surface area contributed by atoms with Gasteiger partial charge in [-0.2, -0.15) is 0 Å². The van der Waals surface area contributed by atoms with E-state index in [0.29, 0.717) is 57.8 Å². The van der Waals surface area contributed by atoms with E-state index in [2.05, 4.69) is 14.9 Å². The lowest BCUT2D eigenvalue weighted by atomic mass is 10.1. The van der Waals surface area contributed by atoms with Gasteiger partial charge in [0, 0.05) is 56.7 Å². The number of nitrogens with zero attached hydrogens (tertiary/aromatic N) is 4. The molecular formula is C21H27N5O4S. The molecule has 166 valence electrons. The summed E-state index contributed by atoms with van der Waals surface area (Å²) in [5.41, 5.74) is 7.87. The van der Waals surface area contributed by atoms with Gasteiger partial charge in [0.1, 0.15) is 0 Å². The summed E-state index contributed by atoms with van der Waals surface area (Å²) in [5.74, 6) is 0.147. The van der Waals surface area contributed by atoms with Gasteiger partial charge >= 0.3 is 0 Å². The molecule has 0 radical (unpaired) electrons. The normalized spacial score (nSPS) is 18.2. The highest BCUT2D eigenvalue weighted by atomic mass is 32.2. The van der Waals surface area contributed by atoms with Crippen LogP contribution in [0.3, 0.4) is 0 Å². The van der Waals surface area contributed by atoms with Crippen molar-refractivity contribution >= 4 is 27.4 Å². The molecule has 0 aliphatic carbocycles. The molecule has 0 spiro atoms. The van der Waals surface area contributed by atoms with E-state index in [0.717, 1.165) is 11.3 Å². The molecular weight excluding hydrogens is 418 g/mol. The molecule has 2 fully saturated rings. The Hall–Kier alpha value is -2.72. The quantitative estimate of drug-likeness (QED) is 0.749. The smallest absolute Gasteiger partial charge is 0.219 e. The SMILES string of the molecule is CC(=O)N1CCC(S(=O)(=O)c2cc(-c3cnc(N)nc3)cc(N3CCOCC3)c2)CC1. The van der Waals surface area contributed by atoms with Gasteiger partial charge in [-0.3, -0.25) is 4.79 Å². The number of amides is 1. The summed E-state index contributed by atoms with van der Waals surface area (Å²) in [6, 6.07) is 5.39. The Morgan fingerprint density at radius 2 is 1.68 bits per heavy atom.